The van der Waals surface area contributed by atoms with Crippen LogP contribution in [-0.4, -0.2) is 31.3 Å². The molecule has 1 unspecified atom stereocenters. The lowest BCUT2D eigenvalue weighted by Gasteiger charge is -2.11. The van der Waals surface area contributed by atoms with Crippen LogP contribution >= 0.6 is 23.7 Å². The minimum absolute atomic E-state index is 0. The molecule has 4 nitrogen and oxygen atoms in total. The Labute approximate surface area is 152 Å². The van der Waals surface area contributed by atoms with Crippen molar-refractivity contribution in [3.63, 3.8) is 0 Å². The Balaban J connectivity index is 0.00000208. The van der Waals surface area contributed by atoms with E-state index in [0.717, 1.165) is 19.5 Å². The molecule has 1 aromatic carbocycles. The summed E-state index contributed by atoms with van der Waals surface area (Å²) in [5, 5.41) is 8.14. The Morgan fingerprint density at radius 1 is 1.17 bits per heavy atom. The maximum absolute atomic E-state index is 12.5. The lowest BCUT2D eigenvalue weighted by Crippen LogP contribution is -2.28. The summed E-state index contributed by atoms with van der Waals surface area (Å²) in [6, 6.07) is 10.7. The molecule has 24 heavy (non-hydrogen) atoms. The SMILES string of the molecule is Cl.O=C(NCCC1CCNC1)c1ccccc1C(=O)c1cccs1. The Hall–Kier alpha value is -1.69. The van der Waals surface area contributed by atoms with E-state index < -0.39 is 0 Å². The van der Waals surface area contributed by atoms with Gasteiger partial charge in [-0.2, -0.15) is 0 Å². The summed E-state index contributed by atoms with van der Waals surface area (Å²) in [6.45, 7) is 2.74. The van der Waals surface area contributed by atoms with E-state index in [0.29, 0.717) is 28.5 Å². The average Bonchev–Trinajstić information content (AvgIpc) is 3.27. The topological polar surface area (TPSA) is 58.2 Å². The Morgan fingerprint density at radius 3 is 2.62 bits per heavy atom. The monoisotopic (exact) mass is 364 g/mol. The van der Waals surface area contributed by atoms with Gasteiger partial charge in [-0.1, -0.05) is 24.3 Å². The molecule has 3 rings (SSSR count). The quantitative estimate of drug-likeness (QED) is 0.774. The summed E-state index contributed by atoms with van der Waals surface area (Å²) in [7, 11) is 0. The van der Waals surface area contributed by atoms with E-state index in [9.17, 15) is 9.59 Å². The van der Waals surface area contributed by atoms with Crippen LogP contribution in [0.2, 0.25) is 0 Å². The predicted molar refractivity (Wildman–Crippen MR) is 99.4 cm³/mol. The summed E-state index contributed by atoms with van der Waals surface area (Å²) in [4.78, 5) is 25.6. The van der Waals surface area contributed by atoms with Crippen LogP contribution < -0.4 is 10.6 Å². The normalized spacial score (nSPS) is 16.4. The third-order valence-electron chi connectivity index (χ3n) is 4.16. The van der Waals surface area contributed by atoms with Crippen molar-refractivity contribution in [3.8, 4) is 0 Å². The number of rotatable bonds is 6. The molecule has 0 bridgehead atoms. The predicted octanol–water partition coefficient (Wildman–Crippen LogP) is 3.13. The molecule has 2 aromatic rings. The first-order valence-electron chi connectivity index (χ1n) is 7.92. The number of carbonyl (C=O) groups is 2. The number of hydrogen-bond acceptors (Lipinski definition) is 4. The largest absolute Gasteiger partial charge is 0.352 e. The van der Waals surface area contributed by atoms with Gasteiger partial charge in [-0.25, -0.2) is 0 Å². The zero-order valence-corrected chi connectivity index (χ0v) is 14.9. The second-order valence-corrected chi connectivity index (χ2v) is 6.70. The van der Waals surface area contributed by atoms with E-state index in [1.165, 1.54) is 17.8 Å². The van der Waals surface area contributed by atoms with Crippen LogP contribution in [0.25, 0.3) is 0 Å². The lowest BCUT2D eigenvalue weighted by atomic mass is 10.0. The molecule has 1 fully saturated rings. The standard InChI is InChI=1S/C18H20N2O2S.ClH/c21-17(16-6-3-11-23-16)14-4-1-2-5-15(14)18(22)20-10-8-13-7-9-19-12-13;/h1-6,11,13,19H,7-10,12H2,(H,20,22);1H. The molecule has 0 saturated carbocycles. The summed E-state index contributed by atoms with van der Waals surface area (Å²) in [5.74, 6) is 0.375. The molecule has 1 aromatic heterocycles. The van der Waals surface area contributed by atoms with Gasteiger partial charge in [-0.15, -0.1) is 23.7 Å². The fraction of sp³-hybridized carbons (Fsp3) is 0.333. The second-order valence-electron chi connectivity index (χ2n) is 5.76. The van der Waals surface area contributed by atoms with Crippen molar-refractivity contribution in [2.75, 3.05) is 19.6 Å². The number of nitrogens with one attached hydrogen (secondary N) is 2. The summed E-state index contributed by atoms with van der Waals surface area (Å²) in [5.41, 5.74) is 0.922. The van der Waals surface area contributed by atoms with Gasteiger partial charge in [0.15, 0.2) is 0 Å². The van der Waals surface area contributed by atoms with Crippen molar-refractivity contribution in [2.24, 2.45) is 5.92 Å². The fourth-order valence-corrected chi connectivity index (χ4v) is 3.54. The smallest absolute Gasteiger partial charge is 0.252 e. The average molecular weight is 365 g/mol. The Kier molecular flexibility index (Phi) is 6.97. The third-order valence-corrected chi connectivity index (χ3v) is 5.03. The van der Waals surface area contributed by atoms with Gasteiger partial charge >= 0.3 is 0 Å². The van der Waals surface area contributed by atoms with E-state index in [2.05, 4.69) is 10.6 Å². The first-order chi connectivity index (χ1) is 11.3. The number of benzene rings is 1. The molecule has 128 valence electrons. The number of carbonyl (C=O) groups excluding carboxylic acids is 2. The Bertz CT molecular complexity index is 682. The molecule has 2 heterocycles. The molecular formula is C18H21ClN2O2S. The van der Waals surface area contributed by atoms with Gasteiger partial charge in [-0.05, 0) is 49.4 Å². The number of thiophene rings is 1. The van der Waals surface area contributed by atoms with Gasteiger partial charge in [0, 0.05) is 12.1 Å². The summed E-state index contributed by atoms with van der Waals surface area (Å²) < 4.78 is 0. The molecule has 1 saturated heterocycles. The van der Waals surface area contributed by atoms with Crippen LogP contribution in [0.15, 0.2) is 41.8 Å². The van der Waals surface area contributed by atoms with Crippen molar-refractivity contribution in [1.82, 2.24) is 10.6 Å². The summed E-state index contributed by atoms with van der Waals surface area (Å²) in [6.07, 6.45) is 2.14. The van der Waals surface area contributed by atoms with Crippen molar-refractivity contribution in [2.45, 2.75) is 12.8 Å². The van der Waals surface area contributed by atoms with Crippen LogP contribution in [0, 0.1) is 5.92 Å². The van der Waals surface area contributed by atoms with E-state index in [4.69, 9.17) is 0 Å². The maximum atomic E-state index is 12.5. The van der Waals surface area contributed by atoms with Crippen LogP contribution in [-0.2, 0) is 0 Å². The highest BCUT2D eigenvalue weighted by Crippen LogP contribution is 2.18. The third kappa shape index (κ3) is 4.44. The highest BCUT2D eigenvalue weighted by molar-refractivity contribution is 7.12. The van der Waals surface area contributed by atoms with E-state index in [-0.39, 0.29) is 24.1 Å². The first-order valence-corrected chi connectivity index (χ1v) is 8.80. The number of amides is 1. The van der Waals surface area contributed by atoms with E-state index in [1.807, 2.05) is 11.4 Å². The van der Waals surface area contributed by atoms with Gasteiger partial charge < -0.3 is 10.6 Å². The first kappa shape index (κ1) is 18.6. The highest BCUT2D eigenvalue weighted by atomic mass is 35.5. The van der Waals surface area contributed by atoms with Gasteiger partial charge in [0.25, 0.3) is 5.91 Å². The molecule has 1 aliphatic rings. The van der Waals surface area contributed by atoms with Crippen molar-refractivity contribution < 1.29 is 9.59 Å². The van der Waals surface area contributed by atoms with Crippen molar-refractivity contribution >= 4 is 35.4 Å². The molecule has 0 aliphatic carbocycles. The van der Waals surface area contributed by atoms with Crippen LogP contribution in [0.5, 0.6) is 0 Å². The van der Waals surface area contributed by atoms with Gasteiger partial charge in [0.2, 0.25) is 5.78 Å². The number of ketones is 1. The minimum Gasteiger partial charge on any atom is -0.352 e. The van der Waals surface area contributed by atoms with Crippen molar-refractivity contribution in [1.29, 1.82) is 0 Å². The summed E-state index contributed by atoms with van der Waals surface area (Å²) >= 11 is 1.39. The molecule has 1 atom stereocenters. The fourth-order valence-electron chi connectivity index (χ4n) is 2.87. The molecule has 0 radical (unpaired) electrons. The zero-order valence-electron chi connectivity index (χ0n) is 13.3. The van der Waals surface area contributed by atoms with E-state index >= 15 is 0 Å². The van der Waals surface area contributed by atoms with Crippen LogP contribution in [0.1, 0.15) is 38.4 Å². The minimum atomic E-state index is -0.170. The molecule has 1 amide bonds. The zero-order chi connectivity index (χ0) is 16.1. The highest BCUT2D eigenvalue weighted by Gasteiger charge is 2.19. The second kappa shape index (κ2) is 8.97. The van der Waals surface area contributed by atoms with Gasteiger partial charge in [0.1, 0.15) is 0 Å². The maximum Gasteiger partial charge on any atom is 0.252 e. The van der Waals surface area contributed by atoms with Crippen molar-refractivity contribution in [3.05, 3.63) is 57.8 Å². The molecular weight excluding hydrogens is 344 g/mol. The molecule has 6 heteroatoms. The number of halogens is 1. The van der Waals surface area contributed by atoms with Gasteiger partial charge in [-0.3, -0.25) is 9.59 Å². The lowest BCUT2D eigenvalue weighted by molar-refractivity contribution is 0.0940. The van der Waals surface area contributed by atoms with E-state index in [1.54, 1.807) is 30.3 Å². The van der Waals surface area contributed by atoms with Gasteiger partial charge in [0.05, 0.1) is 10.4 Å². The van der Waals surface area contributed by atoms with Crippen LogP contribution in [0.3, 0.4) is 0 Å². The number of hydrogen-bond donors (Lipinski definition) is 2. The molecule has 0 spiro atoms. The van der Waals surface area contributed by atoms with Crippen LogP contribution in [0.4, 0.5) is 0 Å². The molecule has 1 aliphatic heterocycles. The Morgan fingerprint density at radius 2 is 1.96 bits per heavy atom. The molecule has 2 N–H and O–H groups in total.